The lowest BCUT2D eigenvalue weighted by molar-refractivity contribution is 0.0893. The van der Waals surface area contributed by atoms with Gasteiger partial charge < -0.3 is 19.4 Å². The van der Waals surface area contributed by atoms with Gasteiger partial charge in [0.15, 0.2) is 0 Å². The quantitative estimate of drug-likeness (QED) is 0.938. The highest BCUT2D eigenvalue weighted by Crippen LogP contribution is 2.29. The molecule has 2 aromatic rings. The fourth-order valence-corrected chi connectivity index (χ4v) is 3.30. The number of fused-ring (bicyclic) bond motifs is 1. The Kier molecular flexibility index (Phi) is 3.60. The topological polar surface area (TPSA) is 48.3 Å². The third-order valence-electron chi connectivity index (χ3n) is 4.53. The van der Waals surface area contributed by atoms with Crippen LogP contribution in [0.4, 0.5) is 0 Å². The predicted octanol–water partition coefficient (Wildman–Crippen LogP) is 1.97. The van der Waals surface area contributed by atoms with Crippen LogP contribution in [0.3, 0.4) is 0 Å². The lowest BCUT2D eigenvalue weighted by Crippen LogP contribution is -2.32. The van der Waals surface area contributed by atoms with Gasteiger partial charge in [-0.3, -0.25) is 0 Å². The first kappa shape index (κ1) is 13.8. The maximum Gasteiger partial charge on any atom is 0.139 e. The van der Waals surface area contributed by atoms with Crippen LogP contribution in [0, 0.1) is 0 Å². The van der Waals surface area contributed by atoms with E-state index in [-0.39, 0.29) is 6.10 Å². The van der Waals surface area contributed by atoms with Crippen LogP contribution in [-0.4, -0.2) is 28.8 Å². The highest BCUT2D eigenvalue weighted by Gasteiger charge is 2.32. The van der Waals surface area contributed by atoms with E-state index in [1.54, 1.807) is 0 Å². The van der Waals surface area contributed by atoms with E-state index in [2.05, 4.69) is 28.5 Å². The predicted molar refractivity (Wildman–Crippen MR) is 82.8 cm³/mol. The molecule has 1 N–H and O–H groups in total. The normalized spacial score (nSPS) is 23.5. The Morgan fingerprint density at radius 3 is 3.18 bits per heavy atom. The summed E-state index contributed by atoms with van der Waals surface area (Å²) >= 11 is 0. The van der Waals surface area contributed by atoms with Crippen molar-refractivity contribution in [3.8, 4) is 5.75 Å². The van der Waals surface area contributed by atoms with Gasteiger partial charge in [0.2, 0.25) is 0 Å². The van der Waals surface area contributed by atoms with Crippen LogP contribution in [0.5, 0.6) is 5.75 Å². The molecule has 1 saturated heterocycles. The van der Waals surface area contributed by atoms with Gasteiger partial charge in [0.05, 0.1) is 6.61 Å². The van der Waals surface area contributed by atoms with Gasteiger partial charge in [-0.1, -0.05) is 12.1 Å². The first-order valence-corrected chi connectivity index (χ1v) is 7.88. The molecule has 4 rings (SSSR count). The number of aryl methyl sites for hydroxylation is 1. The SMILES string of the molecule is Cn1ccnc1[C@H]1OCC[C@@H]1NCc1ccc2c(c1)CCO2. The maximum absolute atomic E-state index is 5.89. The molecule has 0 spiro atoms. The first-order chi connectivity index (χ1) is 10.8. The van der Waals surface area contributed by atoms with Crippen LogP contribution in [0.25, 0.3) is 0 Å². The maximum atomic E-state index is 5.89. The van der Waals surface area contributed by atoms with Gasteiger partial charge in [0, 0.05) is 45.1 Å². The van der Waals surface area contributed by atoms with E-state index in [1.807, 2.05) is 24.0 Å². The van der Waals surface area contributed by atoms with Crippen molar-refractivity contribution in [3.05, 3.63) is 47.5 Å². The monoisotopic (exact) mass is 299 g/mol. The Morgan fingerprint density at radius 1 is 1.36 bits per heavy atom. The van der Waals surface area contributed by atoms with E-state index in [4.69, 9.17) is 9.47 Å². The molecule has 1 aromatic heterocycles. The van der Waals surface area contributed by atoms with Gasteiger partial charge in [0.25, 0.3) is 0 Å². The molecular weight excluding hydrogens is 278 g/mol. The second kappa shape index (κ2) is 5.74. The van der Waals surface area contributed by atoms with Crippen molar-refractivity contribution < 1.29 is 9.47 Å². The number of hydrogen-bond acceptors (Lipinski definition) is 4. The molecular formula is C17H21N3O2. The third kappa shape index (κ3) is 2.51. The first-order valence-electron chi connectivity index (χ1n) is 7.88. The van der Waals surface area contributed by atoms with Crippen LogP contribution in [0.1, 0.15) is 29.5 Å². The summed E-state index contributed by atoms with van der Waals surface area (Å²) in [7, 11) is 2.02. The molecule has 0 radical (unpaired) electrons. The van der Waals surface area contributed by atoms with Crippen molar-refractivity contribution in [3.63, 3.8) is 0 Å². The fourth-order valence-electron chi connectivity index (χ4n) is 3.30. The van der Waals surface area contributed by atoms with E-state index in [1.165, 1.54) is 11.1 Å². The van der Waals surface area contributed by atoms with Gasteiger partial charge in [-0.15, -0.1) is 0 Å². The van der Waals surface area contributed by atoms with Gasteiger partial charge >= 0.3 is 0 Å². The summed E-state index contributed by atoms with van der Waals surface area (Å²) in [6.45, 7) is 2.44. The Balaban J connectivity index is 1.44. The molecule has 5 heteroatoms. The lowest BCUT2D eigenvalue weighted by Gasteiger charge is -2.20. The van der Waals surface area contributed by atoms with Crippen molar-refractivity contribution >= 4 is 0 Å². The molecule has 0 aliphatic carbocycles. The minimum absolute atomic E-state index is 0.0396. The molecule has 0 amide bonds. The lowest BCUT2D eigenvalue weighted by atomic mass is 10.1. The number of imidazole rings is 1. The molecule has 0 saturated carbocycles. The van der Waals surface area contributed by atoms with E-state index >= 15 is 0 Å². The summed E-state index contributed by atoms with van der Waals surface area (Å²) in [5, 5.41) is 3.64. The average Bonchev–Trinajstić information content (AvgIpc) is 3.24. The van der Waals surface area contributed by atoms with Gasteiger partial charge in [0.1, 0.15) is 17.7 Å². The molecule has 3 heterocycles. The molecule has 1 fully saturated rings. The Morgan fingerprint density at radius 2 is 2.32 bits per heavy atom. The van der Waals surface area contributed by atoms with Crippen molar-refractivity contribution in [2.45, 2.75) is 31.5 Å². The molecule has 0 unspecified atom stereocenters. The molecule has 2 aliphatic rings. The number of nitrogens with one attached hydrogen (secondary N) is 1. The number of benzene rings is 1. The van der Waals surface area contributed by atoms with Gasteiger partial charge in [-0.25, -0.2) is 4.98 Å². The van der Waals surface area contributed by atoms with E-state index < -0.39 is 0 Å². The molecule has 5 nitrogen and oxygen atoms in total. The van der Waals surface area contributed by atoms with E-state index in [0.717, 1.165) is 44.2 Å². The molecule has 22 heavy (non-hydrogen) atoms. The zero-order valence-electron chi connectivity index (χ0n) is 12.8. The van der Waals surface area contributed by atoms with Crippen LogP contribution in [0.15, 0.2) is 30.6 Å². The number of nitrogens with zero attached hydrogens (tertiary/aromatic N) is 2. The van der Waals surface area contributed by atoms with Crippen LogP contribution < -0.4 is 10.1 Å². The zero-order chi connectivity index (χ0) is 14.9. The zero-order valence-corrected chi connectivity index (χ0v) is 12.8. The molecule has 0 bridgehead atoms. The largest absolute Gasteiger partial charge is 0.493 e. The molecule has 2 aliphatic heterocycles. The third-order valence-corrected chi connectivity index (χ3v) is 4.53. The standard InChI is InChI=1S/C17H21N3O2/c1-20-7-6-18-17(20)16-14(5-9-22-16)19-11-12-2-3-15-13(10-12)4-8-21-15/h2-3,6-7,10,14,16,19H,4-5,8-9,11H2,1H3/t14-,16-/m0/s1. The summed E-state index contributed by atoms with van der Waals surface area (Å²) in [5.74, 6) is 2.04. The van der Waals surface area contributed by atoms with Crippen molar-refractivity contribution in [1.29, 1.82) is 0 Å². The fraction of sp³-hybridized carbons (Fsp3) is 0.471. The Hall–Kier alpha value is -1.85. The Labute approximate surface area is 130 Å². The van der Waals surface area contributed by atoms with Gasteiger partial charge in [-0.2, -0.15) is 0 Å². The summed E-state index contributed by atoms with van der Waals surface area (Å²) < 4.78 is 13.5. The Bertz CT molecular complexity index is 668. The number of rotatable bonds is 4. The summed E-state index contributed by atoms with van der Waals surface area (Å²) in [4.78, 5) is 4.43. The smallest absolute Gasteiger partial charge is 0.139 e. The number of aromatic nitrogens is 2. The van der Waals surface area contributed by atoms with Crippen molar-refractivity contribution in [1.82, 2.24) is 14.9 Å². The second-order valence-electron chi connectivity index (χ2n) is 6.00. The minimum Gasteiger partial charge on any atom is -0.493 e. The van der Waals surface area contributed by atoms with Gasteiger partial charge in [-0.05, 0) is 23.6 Å². The number of hydrogen-bond donors (Lipinski definition) is 1. The minimum atomic E-state index is 0.0396. The average molecular weight is 299 g/mol. The van der Waals surface area contributed by atoms with Crippen LogP contribution in [0.2, 0.25) is 0 Å². The van der Waals surface area contributed by atoms with Crippen molar-refractivity contribution in [2.24, 2.45) is 7.05 Å². The van der Waals surface area contributed by atoms with Crippen LogP contribution >= 0.6 is 0 Å². The summed E-state index contributed by atoms with van der Waals surface area (Å²) in [6.07, 6.45) is 5.87. The van der Waals surface area contributed by atoms with Crippen molar-refractivity contribution in [2.75, 3.05) is 13.2 Å². The number of ether oxygens (including phenoxy) is 2. The summed E-state index contributed by atoms with van der Waals surface area (Å²) in [6, 6.07) is 6.79. The van der Waals surface area contributed by atoms with E-state index in [0.29, 0.717) is 6.04 Å². The molecule has 2 atom stereocenters. The summed E-state index contributed by atoms with van der Waals surface area (Å²) in [5.41, 5.74) is 2.62. The van der Waals surface area contributed by atoms with Crippen LogP contribution in [-0.2, 0) is 24.8 Å². The molecule has 116 valence electrons. The van der Waals surface area contributed by atoms with E-state index in [9.17, 15) is 0 Å². The highest BCUT2D eigenvalue weighted by atomic mass is 16.5. The molecule has 1 aromatic carbocycles. The second-order valence-corrected chi connectivity index (χ2v) is 6.00. The highest BCUT2D eigenvalue weighted by molar-refractivity contribution is 5.39.